The lowest BCUT2D eigenvalue weighted by Gasteiger charge is -2.34. The quantitative estimate of drug-likeness (QED) is 0.622. The van der Waals surface area contributed by atoms with Gasteiger partial charge in [0.25, 0.3) is 11.2 Å². The number of hydrogen-bond donors (Lipinski definition) is 1. The van der Waals surface area contributed by atoms with Crippen LogP contribution in [0.15, 0.2) is 45.1 Å². The summed E-state index contributed by atoms with van der Waals surface area (Å²) < 4.78 is 2.37. The fraction of sp³-hybridized carbons (Fsp3) is 0.316. The van der Waals surface area contributed by atoms with Crippen LogP contribution in [0.1, 0.15) is 36.3 Å². The second-order valence-electron chi connectivity index (χ2n) is 7.04. The Balaban J connectivity index is 2.03. The van der Waals surface area contributed by atoms with Crippen molar-refractivity contribution in [2.45, 2.75) is 25.2 Å². The zero-order valence-electron chi connectivity index (χ0n) is 15.4. The molecule has 28 heavy (non-hydrogen) atoms. The summed E-state index contributed by atoms with van der Waals surface area (Å²) >= 11 is 0. The topological polar surface area (TPSA) is 116 Å². The summed E-state index contributed by atoms with van der Waals surface area (Å²) in [6.07, 6.45) is 1.70. The molecular weight excluding hydrogens is 364 g/mol. The molecule has 0 saturated heterocycles. The third-order valence-corrected chi connectivity index (χ3v) is 5.44. The molecule has 1 atom stereocenters. The van der Waals surface area contributed by atoms with Crippen molar-refractivity contribution in [2.75, 3.05) is 5.32 Å². The van der Waals surface area contributed by atoms with Crippen LogP contribution in [0.25, 0.3) is 0 Å². The monoisotopic (exact) mass is 382 g/mol. The van der Waals surface area contributed by atoms with E-state index in [1.807, 2.05) is 0 Å². The van der Waals surface area contributed by atoms with E-state index in [0.29, 0.717) is 47.5 Å². The summed E-state index contributed by atoms with van der Waals surface area (Å²) in [5, 5.41) is 14.1. The SMILES string of the molecule is Cn1c2c(c(=O)n(C)c1=O)C(c1ccc([N+](=O)[O-])cc1)C1=C(CCCC1=O)N2. The molecule has 0 spiro atoms. The van der Waals surface area contributed by atoms with Crippen LogP contribution in [-0.2, 0) is 18.9 Å². The minimum Gasteiger partial charge on any atom is -0.344 e. The van der Waals surface area contributed by atoms with Gasteiger partial charge in [-0.05, 0) is 18.4 Å². The normalized spacial score (nSPS) is 18.4. The molecule has 0 radical (unpaired) electrons. The van der Waals surface area contributed by atoms with E-state index < -0.39 is 22.1 Å². The number of aromatic nitrogens is 2. The molecule has 0 fully saturated rings. The van der Waals surface area contributed by atoms with Crippen LogP contribution in [0.2, 0.25) is 0 Å². The maximum atomic E-state index is 13.0. The van der Waals surface area contributed by atoms with E-state index in [1.54, 1.807) is 19.2 Å². The molecule has 0 saturated carbocycles. The van der Waals surface area contributed by atoms with Gasteiger partial charge in [-0.2, -0.15) is 0 Å². The second kappa shape index (κ2) is 6.29. The summed E-state index contributed by atoms with van der Waals surface area (Å²) in [5.74, 6) is -0.367. The number of Topliss-reactive ketones (excluding diaryl/α,β-unsaturated/α-hetero) is 1. The Morgan fingerprint density at radius 1 is 1.07 bits per heavy atom. The first-order valence-electron chi connectivity index (χ1n) is 8.88. The number of fused-ring (bicyclic) bond motifs is 1. The molecule has 2 heterocycles. The van der Waals surface area contributed by atoms with Crippen LogP contribution in [0, 0.1) is 10.1 Å². The van der Waals surface area contributed by atoms with Gasteiger partial charge in [-0.3, -0.25) is 28.8 Å². The molecular formula is C19H18N4O5. The number of benzene rings is 1. The molecule has 144 valence electrons. The van der Waals surface area contributed by atoms with E-state index in [9.17, 15) is 24.5 Å². The summed E-state index contributed by atoms with van der Waals surface area (Å²) in [6, 6.07) is 5.85. The van der Waals surface area contributed by atoms with E-state index in [0.717, 1.165) is 4.57 Å². The molecule has 1 unspecified atom stereocenters. The van der Waals surface area contributed by atoms with Crippen molar-refractivity contribution in [2.24, 2.45) is 14.1 Å². The number of nitro groups is 1. The van der Waals surface area contributed by atoms with Crippen molar-refractivity contribution < 1.29 is 9.72 Å². The fourth-order valence-electron chi connectivity index (χ4n) is 4.02. The first kappa shape index (κ1) is 17.9. The number of nitrogens with one attached hydrogen (secondary N) is 1. The van der Waals surface area contributed by atoms with Gasteiger partial charge in [-0.15, -0.1) is 0 Å². The van der Waals surface area contributed by atoms with Crippen LogP contribution in [0.4, 0.5) is 11.5 Å². The third-order valence-electron chi connectivity index (χ3n) is 5.44. The molecule has 1 N–H and O–H groups in total. The second-order valence-corrected chi connectivity index (χ2v) is 7.04. The zero-order valence-corrected chi connectivity index (χ0v) is 15.4. The maximum absolute atomic E-state index is 13.0. The minimum atomic E-state index is -0.676. The lowest BCUT2D eigenvalue weighted by atomic mass is 9.76. The highest BCUT2D eigenvalue weighted by Gasteiger charge is 2.38. The van der Waals surface area contributed by atoms with Crippen molar-refractivity contribution in [1.82, 2.24) is 9.13 Å². The number of carbonyl (C=O) groups is 1. The average molecular weight is 382 g/mol. The number of rotatable bonds is 2. The van der Waals surface area contributed by atoms with E-state index >= 15 is 0 Å². The van der Waals surface area contributed by atoms with Crippen molar-refractivity contribution in [3.8, 4) is 0 Å². The number of allylic oxidation sites excluding steroid dienone is 2. The molecule has 1 aromatic carbocycles. The van der Waals surface area contributed by atoms with Crippen molar-refractivity contribution in [1.29, 1.82) is 0 Å². The highest BCUT2D eigenvalue weighted by molar-refractivity contribution is 6.00. The standard InChI is InChI=1S/C19H18N4O5/c1-21-17-16(18(25)22(2)19(21)26)14(10-6-8-11(9-7-10)23(27)28)15-12(20-17)4-3-5-13(15)24/h6-9,14,20H,3-5H2,1-2H3. The number of nitro benzene ring substituents is 1. The Morgan fingerprint density at radius 3 is 2.39 bits per heavy atom. The number of nitrogens with zero attached hydrogens (tertiary/aromatic N) is 3. The van der Waals surface area contributed by atoms with Gasteiger partial charge in [0.15, 0.2) is 5.78 Å². The van der Waals surface area contributed by atoms with Crippen molar-refractivity contribution in [3.05, 3.63) is 77.6 Å². The summed E-state index contributed by atoms with van der Waals surface area (Å²) in [4.78, 5) is 48.6. The maximum Gasteiger partial charge on any atom is 0.332 e. The van der Waals surface area contributed by atoms with E-state index in [1.165, 1.54) is 23.7 Å². The van der Waals surface area contributed by atoms with Gasteiger partial charge in [0, 0.05) is 49.8 Å². The van der Waals surface area contributed by atoms with Gasteiger partial charge in [-0.25, -0.2) is 4.79 Å². The molecule has 9 heteroatoms. The number of carbonyl (C=O) groups excluding carboxylic acids is 1. The number of anilines is 1. The number of non-ortho nitro benzene ring substituents is 1. The predicted molar refractivity (Wildman–Crippen MR) is 101 cm³/mol. The Kier molecular flexibility index (Phi) is 4.02. The van der Waals surface area contributed by atoms with Crippen LogP contribution in [0.5, 0.6) is 0 Å². The molecule has 0 bridgehead atoms. The van der Waals surface area contributed by atoms with Gasteiger partial charge in [0.2, 0.25) is 0 Å². The Labute approximate surface area is 159 Å². The van der Waals surface area contributed by atoms with Gasteiger partial charge in [-0.1, -0.05) is 12.1 Å². The van der Waals surface area contributed by atoms with Crippen molar-refractivity contribution >= 4 is 17.3 Å². The van der Waals surface area contributed by atoms with E-state index in [4.69, 9.17) is 0 Å². The van der Waals surface area contributed by atoms with Gasteiger partial charge < -0.3 is 5.32 Å². The minimum absolute atomic E-state index is 0.0568. The molecule has 0 amide bonds. The van der Waals surface area contributed by atoms with Crippen LogP contribution < -0.4 is 16.6 Å². The number of ketones is 1. The van der Waals surface area contributed by atoms with Crippen LogP contribution >= 0.6 is 0 Å². The lowest BCUT2D eigenvalue weighted by Crippen LogP contribution is -2.44. The molecule has 1 aliphatic carbocycles. The van der Waals surface area contributed by atoms with E-state index in [2.05, 4.69) is 5.32 Å². The average Bonchev–Trinajstić information content (AvgIpc) is 2.69. The summed E-state index contributed by atoms with van der Waals surface area (Å²) in [6.45, 7) is 0. The van der Waals surface area contributed by atoms with Gasteiger partial charge >= 0.3 is 5.69 Å². The first-order chi connectivity index (χ1) is 13.3. The van der Waals surface area contributed by atoms with Crippen molar-refractivity contribution in [3.63, 3.8) is 0 Å². The highest BCUT2D eigenvalue weighted by atomic mass is 16.6. The Morgan fingerprint density at radius 2 is 1.75 bits per heavy atom. The van der Waals surface area contributed by atoms with E-state index in [-0.39, 0.29) is 11.5 Å². The first-order valence-corrected chi connectivity index (χ1v) is 8.88. The van der Waals surface area contributed by atoms with Crippen LogP contribution in [-0.4, -0.2) is 19.8 Å². The molecule has 2 aromatic rings. The largest absolute Gasteiger partial charge is 0.344 e. The highest BCUT2D eigenvalue weighted by Crippen LogP contribution is 2.43. The van der Waals surface area contributed by atoms with Gasteiger partial charge in [0.1, 0.15) is 5.82 Å². The summed E-state index contributed by atoms with van der Waals surface area (Å²) in [5.41, 5.74) is 1.08. The third kappa shape index (κ3) is 2.50. The number of hydrogen-bond acceptors (Lipinski definition) is 6. The molecule has 2 aliphatic rings. The van der Waals surface area contributed by atoms with Crippen LogP contribution in [0.3, 0.4) is 0 Å². The zero-order chi connectivity index (χ0) is 20.2. The lowest BCUT2D eigenvalue weighted by molar-refractivity contribution is -0.384. The fourth-order valence-corrected chi connectivity index (χ4v) is 4.02. The molecule has 1 aliphatic heterocycles. The smallest absolute Gasteiger partial charge is 0.332 e. The Hall–Kier alpha value is -3.49. The molecule has 4 rings (SSSR count). The molecule has 9 nitrogen and oxygen atoms in total. The summed E-state index contributed by atoms with van der Waals surface area (Å²) in [7, 11) is 2.96. The Bertz CT molecular complexity index is 1170. The molecule has 1 aromatic heterocycles. The predicted octanol–water partition coefficient (Wildman–Crippen LogP) is 1.56. The van der Waals surface area contributed by atoms with Gasteiger partial charge in [0.05, 0.1) is 10.5 Å².